The lowest BCUT2D eigenvalue weighted by atomic mass is 10.1. The van der Waals surface area contributed by atoms with E-state index in [0.717, 1.165) is 5.56 Å². The molecule has 1 aliphatic rings. The fourth-order valence-corrected chi connectivity index (χ4v) is 1.22. The molecule has 0 bridgehead atoms. The highest BCUT2D eigenvalue weighted by atomic mass is 16.5. The minimum atomic E-state index is -0.220. The first-order valence-electron chi connectivity index (χ1n) is 3.59. The van der Waals surface area contributed by atoms with Crippen LogP contribution in [0.25, 0.3) is 0 Å². The second-order valence-electron chi connectivity index (χ2n) is 2.47. The van der Waals surface area contributed by atoms with E-state index in [1.165, 1.54) is 7.11 Å². The average Bonchev–Trinajstić information content (AvgIpc) is 2.44. The van der Waals surface area contributed by atoms with E-state index in [9.17, 15) is 4.79 Å². The van der Waals surface area contributed by atoms with E-state index in [1.54, 1.807) is 6.07 Å². The first kappa shape index (κ1) is 7.03. The highest BCUT2D eigenvalue weighted by molar-refractivity contribution is 6.18. The van der Waals surface area contributed by atoms with Crippen molar-refractivity contribution in [1.82, 2.24) is 0 Å². The van der Waals surface area contributed by atoms with Crippen LogP contribution >= 0.6 is 0 Å². The fraction of sp³-hybridized carbons (Fsp3) is 0.111. The molecule has 0 radical (unpaired) electrons. The molecule has 12 heavy (non-hydrogen) atoms. The van der Waals surface area contributed by atoms with Crippen molar-refractivity contribution in [2.75, 3.05) is 7.11 Å². The Morgan fingerprint density at radius 1 is 1.25 bits per heavy atom. The van der Waals surface area contributed by atoms with Crippen LogP contribution in [0.1, 0.15) is 15.9 Å². The van der Waals surface area contributed by atoms with E-state index in [0.29, 0.717) is 11.5 Å². The lowest BCUT2D eigenvalue weighted by molar-refractivity contribution is 0.100. The van der Waals surface area contributed by atoms with Crippen LogP contribution in [-0.2, 0) is 4.74 Å². The summed E-state index contributed by atoms with van der Waals surface area (Å²) in [6, 6.07) is 7.23. The van der Waals surface area contributed by atoms with Gasteiger partial charge in [0.05, 0.1) is 12.7 Å². The predicted molar refractivity (Wildman–Crippen MR) is 44.3 cm³/mol. The summed E-state index contributed by atoms with van der Waals surface area (Å²) in [5.74, 6) is 0.193. The molecule has 0 aliphatic carbocycles. The molecule has 2 rings (SSSR count). The van der Waals surface area contributed by atoms with Gasteiger partial charge in [-0.05, 0) is 12.1 Å². The van der Waals surface area contributed by atoms with Gasteiger partial charge in [-0.25, -0.2) is 0 Å². The van der Waals surface area contributed by atoms with E-state index in [4.69, 9.17) is 4.74 Å². The Balaban J connectivity index is 2.60. The van der Waals surface area contributed by atoms with E-state index in [-0.39, 0.29) is 5.91 Å². The normalized spacial score (nSPS) is 14.1. The van der Waals surface area contributed by atoms with Gasteiger partial charge in [-0.1, -0.05) is 12.1 Å². The highest BCUT2D eigenvalue weighted by Gasteiger charge is 2.22. The van der Waals surface area contributed by atoms with Crippen molar-refractivity contribution in [2.45, 2.75) is 0 Å². The molecule has 1 aromatic rings. The molecule has 1 amide bonds. The molecule has 60 valence electrons. The number of carbonyl (C=O) groups excluding carboxylic acids is 1. The number of aliphatic imine (C=N–C) groups is 1. The topological polar surface area (TPSA) is 38.7 Å². The molecule has 0 atom stereocenters. The second kappa shape index (κ2) is 2.44. The van der Waals surface area contributed by atoms with E-state index in [2.05, 4.69) is 4.99 Å². The van der Waals surface area contributed by atoms with Gasteiger partial charge in [-0.3, -0.25) is 4.79 Å². The third kappa shape index (κ3) is 0.830. The Bertz CT molecular complexity index is 369. The average molecular weight is 161 g/mol. The molecule has 3 nitrogen and oxygen atoms in total. The zero-order valence-electron chi connectivity index (χ0n) is 6.57. The zero-order chi connectivity index (χ0) is 8.55. The van der Waals surface area contributed by atoms with Crippen molar-refractivity contribution in [2.24, 2.45) is 4.99 Å². The summed E-state index contributed by atoms with van der Waals surface area (Å²) in [6.07, 6.45) is 0. The maximum Gasteiger partial charge on any atom is 0.281 e. The number of benzene rings is 1. The number of hydrogen-bond donors (Lipinski definition) is 0. The third-order valence-corrected chi connectivity index (χ3v) is 1.78. The van der Waals surface area contributed by atoms with Crippen molar-refractivity contribution in [3.8, 4) is 0 Å². The van der Waals surface area contributed by atoms with Crippen LogP contribution in [0.5, 0.6) is 0 Å². The Morgan fingerprint density at radius 3 is 2.58 bits per heavy atom. The summed E-state index contributed by atoms with van der Waals surface area (Å²) in [6.45, 7) is 0. The first-order valence-corrected chi connectivity index (χ1v) is 3.59. The maximum absolute atomic E-state index is 11.2. The summed E-state index contributed by atoms with van der Waals surface area (Å²) in [7, 11) is 1.51. The van der Waals surface area contributed by atoms with E-state index >= 15 is 0 Å². The van der Waals surface area contributed by atoms with Crippen molar-refractivity contribution in [3.05, 3.63) is 35.4 Å². The highest BCUT2D eigenvalue weighted by Crippen LogP contribution is 2.18. The van der Waals surface area contributed by atoms with E-state index < -0.39 is 0 Å². The summed E-state index contributed by atoms with van der Waals surface area (Å²) < 4.78 is 4.94. The Morgan fingerprint density at radius 2 is 1.92 bits per heavy atom. The largest absolute Gasteiger partial charge is 0.480 e. The number of fused-ring (bicyclic) bond motifs is 1. The summed E-state index contributed by atoms with van der Waals surface area (Å²) >= 11 is 0. The molecule has 3 heteroatoms. The SMILES string of the molecule is COC1=NC(=O)c2ccccc21. The summed E-state index contributed by atoms with van der Waals surface area (Å²) in [5.41, 5.74) is 1.40. The van der Waals surface area contributed by atoms with Crippen molar-refractivity contribution >= 4 is 11.8 Å². The van der Waals surface area contributed by atoms with Crippen molar-refractivity contribution in [1.29, 1.82) is 0 Å². The molecule has 0 unspecified atom stereocenters. The molecule has 0 N–H and O–H groups in total. The number of ether oxygens (including phenoxy) is 1. The number of rotatable bonds is 0. The molecule has 1 aliphatic heterocycles. The molecular weight excluding hydrogens is 154 g/mol. The fourth-order valence-electron chi connectivity index (χ4n) is 1.22. The predicted octanol–water partition coefficient (Wildman–Crippen LogP) is 1.23. The third-order valence-electron chi connectivity index (χ3n) is 1.78. The number of nitrogens with zero attached hydrogens (tertiary/aromatic N) is 1. The van der Waals surface area contributed by atoms with Gasteiger partial charge in [0.15, 0.2) is 0 Å². The van der Waals surface area contributed by atoms with Crippen LogP contribution in [0.3, 0.4) is 0 Å². The Labute approximate surface area is 69.7 Å². The van der Waals surface area contributed by atoms with Gasteiger partial charge in [0, 0.05) is 5.56 Å². The molecule has 0 saturated carbocycles. The van der Waals surface area contributed by atoms with Gasteiger partial charge >= 0.3 is 0 Å². The Hall–Kier alpha value is -1.64. The molecule has 1 aromatic carbocycles. The summed E-state index contributed by atoms with van der Waals surface area (Å²) in [5, 5.41) is 0. The standard InChI is InChI=1S/C9H7NO2/c1-12-9-7-5-3-2-4-6(7)8(11)10-9/h2-5H,1H3. The quantitative estimate of drug-likeness (QED) is 0.574. The first-order chi connectivity index (χ1) is 5.83. The van der Waals surface area contributed by atoms with Crippen LogP contribution in [-0.4, -0.2) is 18.9 Å². The lowest BCUT2D eigenvalue weighted by Gasteiger charge is -1.98. The zero-order valence-corrected chi connectivity index (χ0v) is 6.57. The molecule has 0 saturated heterocycles. The monoisotopic (exact) mass is 161 g/mol. The Kier molecular flexibility index (Phi) is 1.43. The van der Waals surface area contributed by atoms with Crippen LogP contribution in [0.4, 0.5) is 0 Å². The van der Waals surface area contributed by atoms with Crippen LogP contribution in [0.15, 0.2) is 29.3 Å². The van der Waals surface area contributed by atoms with Crippen LogP contribution in [0.2, 0.25) is 0 Å². The van der Waals surface area contributed by atoms with Gasteiger partial charge in [0.1, 0.15) is 0 Å². The van der Waals surface area contributed by atoms with Crippen molar-refractivity contribution in [3.63, 3.8) is 0 Å². The van der Waals surface area contributed by atoms with Gasteiger partial charge < -0.3 is 4.74 Å². The second-order valence-corrected chi connectivity index (χ2v) is 2.47. The molecular formula is C9H7NO2. The number of methoxy groups -OCH3 is 1. The van der Waals surface area contributed by atoms with E-state index in [1.807, 2.05) is 18.2 Å². The van der Waals surface area contributed by atoms with Crippen LogP contribution in [0, 0.1) is 0 Å². The smallest absolute Gasteiger partial charge is 0.281 e. The van der Waals surface area contributed by atoms with Crippen molar-refractivity contribution < 1.29 is 9.53 Å². The summed E-state index contributed by atoms with van der Waals surface area (Å²) in [4.78, 5) is 14.9. The minimum absolute atomic E-state index is 0.220. The number of amides is 1. The molecule has 1 heterocycles. The molecule has 0 fully saturated rings. The minimum Gasteiger partial charge on any atom is -0.480 e. The number of hydrogen-bond acceptors (Lipinski definition) is 2. The van der Waals surface area contributed by atoms with Gasteiger partial charge in [0.2, 0.25) is 5.90 Å². The lowest BCUT2D eigenvalue weighted by Crippen LogP contribution is -1.99. The molecule has 0 spiro atoms. The van der Waals surface area contributed by atoms with Gasteiger partial charge in [-0.2, -0.15) is 4.99 Å². The molecule has 0 aromatic heterocycles. The van der Waals surface area contributed by atoms with Gasteiger partial charge in [-0.15, -0.1) is 0 Å². The number of carbonyl (C=O) groups is 1. The van der Waals surface area contributed by atoms with Crippen LogP contribution < -0.4 is 0 Å². The maximum atomic E-state index is 11.2. The van der Waals surface area contributed by atoms with Gasteiger partial charge in [0.25, 0.3) is 5.91 Å².